The maximum Gasteiger partial charge on any atom is 0.147 e. The van der Waals surface area contributed by atoms with Crippen LogP contribution in [0.5, 0.6) is 0 Å². The summed E-state index contributed by atoms with van der Waals surface area (Å²) < 4.78 is 0. The third-order valence-corrected chi connectivity index (χ3v) is 4.62. The van der Waals surface area contributed by atoms with Gasteiger partial charge < -0.3 is 5.32 Å². The fraction of sp³-hybridized carbons (Fsp3) is 0.429. The van der Waals surface area contributed by atoms with E-state index >= 15 is 0 Å². The highest BCUT2D eigenvalue weighted by molar-refractivity contribution is 7.14. The highest BCUT2D eigenvalue weighted by Crippen LogP contribution is 2.29. The predicted molar refractivity (Wildman–Crippen MR) is 84.7 cm³/mol. The maximum absolute atomic E-state index is 6.01. The van der Waals surface area contributed by atoms with Crippen LogP contribution in [0.3, 0.4) is 0 Å². The summed E-state index contributed by atoms with van der Waals surface area (Å²) in [5.74, 6) is 0. The van der Waals surface area contributed by atoms with E-state index < -0.39 is 0 Å². The highest BCUT2D eigenvalue weighted by Gasteiger charge is 2.19. The number of aryl methyl sites for hydroxylation is 1. The van der Waals surface area contributed by atoms with Crippen molar-refractivity contribution in [3.63, 3.8) is 0 Å². The normalized spacial score (nSPS) is 14.7. The average molecular weight is 328 g/mol. The van der Waals surface area contributed by atoms with Crippen molar-refractivity contribution in [2.45, 2.75) is 31.7 Å². The van der Waals surface area contributed by atoms with Gasteiger partial charge in [-0.3, -0.25) is 0 Å². The summed E-state index contributed by atoms with van der Waals surface area (Å²) in [4.78, 5) is 0. The number of nitrogens with zero attached hydrogens (tertiary/aromatic N) is 2. The first-order valence-corrected chi connectivity index (χ1v) is 8.30. The quantitative estimate of drug-likeness (QED) is 0.808. The minimum atomic E-state index is 0.623. The summed E-state index contributed by atoms with van der Waals surface area (Å²) in [6.45, 7) is 1.06. The smallest absolute Gasteiger partial charge is 0.147 e. The monoisotopic (exact) mass is 327 g/mol. The molecule has 0 unspecified atom stereocenters. The molecule has 1 aromatic heterocycles. The first-order valence-electron chi connectivity index (χ1n) is 6.73. The molecule has 3 rings (SSSR count). The zero-order valence-corrected chi connectivity index (χ0v) is 13.2. The summed E-state index contributed by atoms with van der Waals surface area (Å²) in [6.07, 6.45) is 4.73. The van der Waals surface area contributed by atoms with E-state index in [2.05, 4.69) is 15.5 Å². The molecule has 20 heavy (non-hydrogen) atoms. The van der Waals surface area contributed by atoms with Gasteiger partial charge in [0.05, 0.1) is 0 Å². The molecular formula is C14H15Cl2N3S. The molecule has 0 aliphatic heterocycles. The molecule has 1 aliphatic rings. The lowest BCUT2D eigenvalue weighted by atomic mass is 10.2. The van der Waals surface area contributed by atoms with Crippen LogP contribution < -0.4 is 5.32 Å². The molecule has 0 amide bonds. The Kier molecular flexibility index (Phi) is 4.56. The van der Waals surface area contributed by atoms with Gasteiger partial charge >= 0.3 is 0 Å². The molecule has 3 nitrogen and oxygen atoms in total. The first kappa shape index (κ1) is 14.3. The molecule has 0 saturated heterocycles. The fourth-order valence-electron chi connectivity index (χ4n) is 1.98. The molecular weight excluding hydrogens is 313 g/mol. The Hall–Kier alpha value is -0.680. The molecule has 0 bridgehead atoms. The SMILES string of the molecule is Clc1cc(Cl)cc(-c2nnc(CCCNC3CC3)s2)c1. The molecule has 1 heterocycles. The van der Waals surface area contributed by atoms with Gasteiger partial charge in [0.1, 0.15) is 10.0 Å². The van der Waals surface area contributed by atoms with Crippen molar-refractivity contribution < 1.29 is 0 Å². The van der Waals surface area contributed by atoms with Gasteiger partial charge in [0.25, 0.3) is 0 Å². The lowest BCUT2D eigenvalue weighted by molar-refractivity contribution is 0.643. The van der Waals surface area contributed by atoms with Crippen molar-refractivity contribution in [3.8, 4) is 10.6 Å². The van der Waals surface area contributed by atoms with E-state index in [1.807, 2.05) is 12.1 Å². The van der Waals surface area contributed by atoms with Gasteiger partial charge in [-0.25, -0.2) is 0 Å². The maximum atomic E-state index is 6.01. The zero-order chi connectivity index (χ0) is 13.9. The molecule has 1 fully saturated rings. The van der Waals surface area contributed by atoms with Crippen LogP contribution in [0.25, 0.3) is 10.6 Å². The number of nitrogens with one attached hydrogen (secondary N) is 1. The number of hydrogen-bond acceptors (Lipinski definition) is 4. The van der Waals surface area contributed by atoms with Gasteiger partial charge in [-0.15, -0.1) is 10.2 Å². The summed E-state index contributed by atoms with van der Waals surface area (Å²) in [7, 11) is 0. The van der Waals surface area contributed by atoms with E-state index in [0.29, 0.717) is 10.0 Å². The average Bonchev–Trinajstić information content (AvgIpc) is 3.10. The Balaban J connectivity index is 1.60. The van der Waals surface area contributed by atoms with Crippen LogP contribution in [0.15, 0.2) is 18.2 Å². The van der Waals surface area contributed by atoms with Crippen molar-refractivity contribution in [3.05, 3.63) is 33.3 Å². The second-order valence-electron chi connectivity index (χ2n) is 4.99. The van der Waals surface area contributed by atoms with Crippen molar-refractivity contribution in [1.29, 1.82) is 0 Å². The molecule has 0 radical (unpaired) electrons. The summed E-state index contributed by atoms with van der Waals surface area (Å²) in [6, 6.07) is 6.23. The van der Waals surface area contributed by atoms with Crippen molar-refractivity contribution in [2.24, 2.45) is 0 Å². The standard InChI is InChI=1S/C14H15Cl2N3S/c15-10-6-9(7-11(16)8-10)14-19-18-13(20-14)2-1-5-17-12-3-4-12/h6-8,12,17H,1-5H2. The van der Waals surface area contributed by atoms with E-state index in [1.54, 1.807) is 17.4 Å². The summed E-state index contributed by atoms with van der Waals surface area (Å²) in [5, 5.41) is 15.2. The molecule has 1 saturated carbocycles. The first-order chi connectivity index (χ1) is 9.70. The van der Waals surface area contributed by atoms with E-state index in [1.165, 1.54) is 12.8 Å². The topological polar surface area (TPSA) is 37.8 Å². The van der Waals surface area contributed by atoms with Crippen molar-refractivity contribution in [1.82, 2.24) is 15.5 Å². The molecule has 1 aliphatic carbocycles. The molecule has 1 aromatic carbocycles. The van der Waals surface area contributed by atoms with Crippen molar-refractivity contribution in [2.75, 3.05) is 6.54 Å². The van der Waals surface area contributed by atoms with Crippen LogP contribution in [0.2, 0.25) is 10.0 Å². The summed E-state index contributed by atoms with van der Waals surface area (Å²) in [5.41, 5.74) is 0.933. The largest absolute Gasteiger partial charge is 0.314 e. The number of halogens is 2. The van der Waals surface area contributed by atoms with Gasteiger partial charge in [-0.1, -0.05) is 34.5 Å². The zero-order valence-electron chi connectivity index (χ0n) is 10.9. The Bertz CT molecular complexity index is 576. The number of rotatable bonds is 6. The molecule has 1 N–H and O–H groups in total. The van der Waals surface area contributed by atoms with E-state index in [-0.39, 0.29) is 0 Å². The van der Waals surface area contributed by atoms with Gasteiger partial charge in [0.15, 0.2) is 0 Å². The van der Waals surface area contributed by atoms with Gasteiger partial charge in [-0.2, -0.15) is 0 Å². The van der Waals surface area contributed by atoms with Gasteiger partial charge in [-0.05, 0) is 44.0 Å². The van der Waals surface area contributed by atoms with Crippen molar-refractivity contribution >= 4 is 34.5 Å². The Morgan fingerprint density at radius 3 is 2.60 bits per heavy atom. The number of hydrogen-bond donors (Lipinski definition) is 1. The second kappa shape index (κ2) is 6.39. The van der Waals surface area contributed by atoms with Crippen LogP contribution in [-0.4, -0.2) is 22.8 Å². The molecule has 2 aromatic rings. The second-order valence-corrected chi connectivity index (χ2v) is 6.93. The van der Waals surface area contributed by atoms with Crippen LogP contribution in [0.1, 0.15) is 24.3 Å². The highest BCUT2D eigenvalue weighted by atomic mass is 35.5. The minimum Gasteiger partial charge on any atom is -0.314 e. The lowest BCUT2D eigenvalue weighted by Gasteiger charge is -1.99. The van der Waals surface area contributed by atoms with Crippen LogP contribution in [0.4, 0.5) is 0 Å². The molecule has 106 valence electrons. The molecule has 6 heteroatoms. The Morgan fingerprint density at radius 1 is 1.15 bits per heavy atom. The predicted octanol–water partition coefficient (Wildman–Crippen LogP) is 4.20. The number of aromatic nitrogens is 2. The molecule has 0 spiro atoms. The van der Waals surface area contributed by atoms with Crippen LogP contribution >= 0.6 is 34.5 Å². The summed E-state index contributed by atoms with van der Waals surface area (Å²) >= 11 is 13.6. The lowest BCUT2D eigenvalue weighted by Crippen LogP contribution is -2.17. The minimum absolute atomic E-state index is 0.623. The van der Waals surface area contributed by atoms with Crippen LogP contribution in [-0.2, 0) is 6.42 Å². The Labute approximate surface area is 132 Å². The fourth-order valence-corrected chi connectivity index (χ4v) is 3.38. The van der Waals surface area contributed by atoms with Gasteiger partial charge in [0.2, 0.25) is 0 Å². The van der Waals surface area contributed by atoms with Gasteiger partial charge in [0, 0.05) is 28.1 Å². The van der Waals surface area contributed by atoms with E-state index in [0.717, 1.165) is 41.0 Å². The molecule has 0 atom stereocenters. The third kappa shape index (κ3) is 3.92. The van der Waals surface area contributed by atoms with E-state index in [9.17, 15) is 0 Å². The van der Waals surface area contributed by atoms with Crippen LogP contribution in [0, 0.1) is 0 Å². The third-order valence-electron chi connectivity index (χ3n) is 3.15. The number of benzene rings is 1. The van der Waals surface area contributed by atoms with E-state index in [4.69, 9.17) is 23.2 Å². The Morgan fingerprint density at radius 2 is 1.90 bits per heavy atom.